The summed E-state index contributed by atoms with van der Waals surface area (Å²) in [7, 11) is -3.57. The van der Waals surface area contributed by atoms with E-state index in [4.69, 9.17) is 0 Å². The second-order valence-electron chi connectivity index (χ2n) is 6.24. The highest BCUT2D eigenvalue weighted by molar-refractivity contribution is 7.89. The van der Waals surface area contributed by atoms with Crippen LogP contribution in [0, 0.1) is 0 Å². The number of hydrogen-bond donors (Lipinski definition) is 2. The third-order valence-corrected chi connectivity index (χ3v) is 5.39. The van der Waals surface area contributed by atoms with Gasteiger partial charge in [0.05, 0.1) is 17.4 Å². The Kier molecular flexibility index (Phi) is 5.38. The first kappa shape index (κ1) is 18.8. The minimum Gasteiger partial charge on any atom is -0.321 e. The first-order valence-corrected chi connectivity index (χ1v) is 9.86. The van der Waals surface area contributed by atoms with Crippen molar-refractivity contribution >= 4 is 21.6 Å². The van der Waals surface area contributed by atoms with Crippen molar-refractivity contribution in [3.05, 3.63) is 72.8 Å². The number of nitrogens with zero attached hydrogens (tertiary/aromatic N) is 2. The summed E-state index contributed by atoms with van der Waals surface area (Å²) in [6.45, 7) is 3.50. The van der Waals surface area contributed by atoms with Gasteiger partial charge in [-0.25, -0.2) is 18.1 Å². The van der Waals surface area contributed by atoms with E-state index in [1.54, 1.807) is 36.9 Å². The van der Waals surface area contributed by atoms with Gasteiger partial charge in [-0.15, -0.1) is 0 Å². The standard InChI is InChI=1S/C19H20N4O3S/c1-14(2)22-27(25,26)17-10-8-15(9-11-17)21-19(24)18-12-20-13-23(18)16-6-4-3-5-7-16/h3-14,22H,1-2H3,(H,21,24). The fourth-order valence-electron chi connectivity index (χ4n) is 2.55. The van der Waals surface area contributed by atoms with Gasteiger partial charge >= 0.3 is 0 Å². The maximum atomic E-state index is 12.6. The van der Waals surface area contributed by atoms with Crippen molar-refractivity contribution in [3.63, 3.8) is 0 Å². The molecule has 3 rings (SSSR count). The number of amides is 1. The zero-order valence-corrected chi connectivity index (χ0v) is 15.8. The first-order valence-electron chi connectivity index (χ1n) is 8.38. The van der Waals surface area contributed by atoms with Crippen molar-refractivity contribution in [1.29, 1.82) is 0 Å². The Morgan fingerprint density at radius 1 is 1.04 bits per heavy atom. The van der Waals surface area contributed by atoms with E-state index < -0.39 is 10.0 Å². The van der Waals surface area contributed by atoms with Crippen LogP contribution in [-0.4, -0.2) is 29.9 Å². The second kappa shape index (κ2) is 7.73. The maximum Gasteiger partial charge on any atom is 0.274 e. The predicted molar refractivity (Wildman–Crippen MR) is 103 cm³/mol. The van der Waals surface area contributed by atoms with Gasteiger partial charge in [-0.05, 0) is 50.2 Å². The molecule has 0 aliphatic carbocycles. The summed E-state index contributed by atoms with van der Waals surface area (Å²) in [6, 6.07) is 15.2. The molecule has 0 atom stereocenters. The van der Waals surface area contributed by atoms with Crippen LogP contribution in [-0.2, 0) is 10.0 Å². The lowest BCUT2D eigenvalue weighted by atomic mass is 10.3. The minimum absolute atomic E-state index is 0.142. The van der Waals surface area contributed by atoms with Crippen LogP contribution in [0.3, 0.4) is 0 Å². The molecule has 1 amide bonds. The van der Waals surface area contributed by atoms with Crippen molar-refractivity contribution in [2.75, 3.05) is 5.32 Å². The molecule has 0 fully saturated rings. The van der Waals surface area contributed by atoms with Gasteiger partial charge in [-0.2, -0.15) is 0 Å². The minimum atomic E-state index is -3.57. The van der Waals surface area contributed by atoms with E-state index in [-0.39, 0.29) is 16.8 Å². The molecular formula is C19H20N4O3S. The fourth-order valence-corrected chi connectivity index (χ4v) is 3.80. The zero-order chi connectivity index (χ0) is 19.4. The number of carbonyl (C=O) groups is 1. The lowest BCUT2D eigenvalue weighted by Gasteiger charge is -2.11. The highest BCUT2D eigenvalue weighted by Crippen LogP contribution is 2.17. The number of para-hydroxylation sites is 1. The average Bonchev–Trinajstić information content (AvgIpc) is 3.12. The molecule has 0 saturated heterocycles. The van der Waals surface area contributed by atoms with E-state index in [2.05, 4.69) is 15.0 Å². The molecule has 0 spiro atoms. The summed E-state index contributed by atoms with van der Waals surface area (Å²) >= 11 is 0. The zero-order valence-electron chi connectivity index (χ0n) is 15.0. The van der Waals surface area contributed by atoms with E-state index in [1.165, 1.54) is 18.3 Å². The van der Waals surface area contributed by atoms with Crippen LogP contribution in [0.15, 0.2) is 72.0 Å². The summed E-state index contributed by atoms with van der Waals surface area (Å²) < 4.78 is 28.5. The van der Waals surface area contributed by atoms with Gasteiger partial charge in [0.1, 0.15) is 5.69 Å². The third kappa shape index (κ3) is 4.42. The monoisotopic (exact) mass is 384 g/mol. The number of nitrogens with one attached hydrogen (secondary N) is 2. The van der Waals surface area contributed by atoms with E-state index in [9.17, 15) is 13.2 Å². The Morgan fingerprint density at radius 2 is 1.70 bits per heavy atom. The van der Waals surface area contributed by atoms with Gasteiger partial charge in [0, 0.05) is 17.4 Å². The van der Waals surface area contributed by atoms with E-state index in [0.29, 0.717) is 11.4 Å². The number of benzene rings is 2. The second-order valence-corrected chi connectivity index (χ2v) is 7.95. The molecular weight excluding hydrogens is 364 g/mol. The van der Waals surface area contributed by atoms with Crippen LogP contribution < -0.4 is 10.0 Å². The number of imidazole rings is 1. The Hall–Kier alpha value is -2.97. The molecule has 0 unspecified atom stereocenters. The lowest BCUT2D eigenvalue weighted by molar-refractivity contribution is 0.102. The quantitative estimate of drug-likeness (QED) is 0.683. The van der Waals surface area contributed by atoms with Gasteiger partial charge < -0.3 is 5.32 Å². The van der Waals surface area contributed by atoms with Gasteiger partial charge in [0.2, 0.25) is 10.0 Å². The van der Waals surface area contributed by atoms with Crippen LogP contribution in [0.25, 0.3) is 5.69 Å². The molecule has 0 saturated carbocycles. The number of anilines is 1. The molecule has 0 aliphatic rings. The Balaban J connectivity index is 1.77. The van der Waals surface area contributed by atoms with Crippen molar-refractivity contribution in [3.8, 4) is 5.69 Å². The van der Waals surface area contributed by atoms with Crippen LogP contribution >= 0.6 is 0 Å². The molecule has 27 heavy (non-hydrogen) atoms. The highest BCUT2D eigenvalue weighted by Gasteiger charge is 2.16. The van der Waals surface area contributed by atoms with E-state index in [0.717, 1.165) is 5.69 Å². The van der Waals surface area contributed by atoms with Crippen molar-refractivity contribution in [1.82, 2.24) is 14.3 Å². The molecule has 3 aromatic rings. The Bertz CT molecular complexity index is 1030. The summed E-state index contributed by atoms with van der Waals surface area (Å²) in [6.07, 6.45) is 3.05. The lowest BCUT2D eigenvalue weighted by Crippen LogP contribution is -2.30. The van der Waals surface area contributed by atoms with Crippen molar-refractivity contribution in [2.24, 2.45) is 0 Å². The average molecular weight is 384 g/mol. The number of carbonyl (C=O) groups excluding carboxylic acids is 1. The van der Waals surface area contributed by atoms with Crippen LogP contribution in [0.5, 0.6) is 0 Å². The molecule has 2 N–H and O–H groups in total. The van der Waals surface area contributed by atoms with Crippen molar-refractivity contribution in [2.45, 2.75) is 24.8 Å². The normalized spacial score (nSPS) is 11.5. The summed E-state index contributed by atoms with van der Waals surface area (Å²) in [5, 5.41) is 2.76. The van der Waals surface area contributed by atoms with E-state index in [1.807, 2.05) is 30.3 Å². The van der Waals surface area contributed by atoms with Crippen molar-refractivity contribution < 1.29 is 13.2 Å². The molecule has 0 radical (unpaired) electrons. The highest BCUT2D eigenvalue weighted by atomic mass is 32.2. The number of sulfonamides is 1. The third-order valence-electron chi connectivity index (χ3n) is 3.72. The maximum absolute atomic E-state index is 12.6. The molecule has 1 heterocycles. The Labute approximate surface area is 158 Å². The SMILES string of the molecule is CC(C)NS(=O)(=O)c1ccc(NC(=O)c2cncn2-c2ccccc2)cc1. The Morgan fingerprint density at radius 3 is 2.33 bits per heavy atom. The smallest absolute Gasteiger partial charge is 0.274 e. The molecule has 2 aromatic carbocycles. The molecule has 1 aromatic heterocycles. The van der Waals surface area contributed by atoms with Gasteiger partial charge in [-0.3, -0.25) is 9.36 Å². The van der Waals surface area contributed by atoms with Gasteiger partial charge in [-0.1, -0.05) is 18.2 Å². The molecule has 0 bridgehead atoms. The van der Waals surface area contributed by atoms with E-state index >= 15 is 0 Å². The summed E-state index contributed by atoms with van der Waals surface area (Å²) in [4.78, 5) is 16.8. The van der Waals surface area contributed by atoms with Gasteiger partial charge in [0.15, 0.2) is 0 Å². The van der Waals surface area contributed by atoms with Crippen LogP contribution in [0.2, 0.25) is 0 Å². The molecule has 8 heteroatoms. The predicted octanol–water partition coefficient (Wildman–Crippen LogP) is 2.81. The van der Waals surface area contributed by atoms with Gasteiger partial charge in [0.25, 0.3) is 5.91 Å². The first-order chi connectivity index (χ1) is 12.9. The number of aromatic nitrogens is 2. The number of hydrogen-bond acceptors (Lipinski definition) is 4. The molecule has 140 valence electrons. The largest absolute Gasteiger partial charge is 0.321 e. The number of rotatable bonds is 6. The summed E-state index contributed by atoms with van der Waals surface area (Å²) in [5.74, 6) is -0.340. The molecule has 7 nitrogen and oxygen atoms in total. The fraction of sp³-hybridized carbons (Fsp3) is 0.158. The topological polar surface area (TPSA) is 93.1 Å². The molecule has 0 aliphatic heterocycles. The van der Waals surface area contributed by atoms with Crippen LogP contribution in [0.4, 0.5) is 5.69 Å². The summed E-state index contributed by atoms with van der Waals surface area (Å²) in [5.41, 5.74) is 1.69. The van der Waals surface area contributed by atoms with Crippen LogP contribution in [0.1, 0.15) is 24.3 Å².